The molecule has 0 amide bonds. The molecule has 1 aliphatic rings. The summed E-state index contributed by atoms with van der Waals surface area (Å²) in [7, 11) is 0. The number of hydrogen-bond donors (Lipinski definition) is 2. The lowest BCUT2D eigenvalue weighted by molar-refractivity contribution is 0.229. The second-order valence-electron chi connectivity index (χ2n) is 5.32. The van der Waals surface area contributed by atoms with Crippen molar-refractivity contribution in [3.05, 3.63) is 0 Å². The molecule has 2 N–H and O–H groups in total. The minimum atomic E-state index is -0.186. The first-order chi connectivity index (χ1) is 7.04. The average Bonchev–Trinajstić information content (AvgIpc) is 2.98. The van der Waals surface area contributed by atoms with Crippen LogP contribution in [0.3, 0.4) is 0 Å². The molecule has 86 valence electrons. The van der Waals surface area contributed by atoms with E-state index >= 15 is 0 Å². The fraction of sp³-hybridized carbons (Fsp3) is 0.917. The highest BCUT2D eigenvalue weighted by Gasteiger charge is 2.40. The molecule has 0 aromatic carbocycles. The maximum absolute atomic E-state index is 9.07. The standard InChI is InChI=1S/C12H22N2O/c1-11(2,9-13)5-3-4-8-14-12(10-15)6-7-12/h14-15H,3-8,10H2,1-2H3. The fourth-order valence-electron chi connectivity index (χ4n) is 1.64. The van der Waals surface area contributed by atoms with E-state index in [1.807, 2.05) is 13.8 Å². The first-order valence-corrected chi connectivity index (χ1v) is 5.81. The molecule has 0 heterocycles. The van der Waals surface area contributed by atoms with Crippen LogP contribution in [0, 0.1) is 16.7 Å². The lowest BCUT2D eigenvalue weighted by Gasteiger charge is -2.16. The molecule has 3 nitrogen and oxygen atoms in total. The van der Waals surface area contributed by atoms with Gasteiger partial charge in [-0.15, -0.1) is 0 Å². The first-order valence-electron chi connectivity index (χ1n) is 5.81. The number of hydrogen-bond acceptors (Lipinski definition) is 3. The van der Waals surface area contributed by atoms with E-state index in [4.69, 9.17) is 10.4 Å². The molecule has 0 aliphatic heterocycles. The molecule has 1 aliphatic carbocycles. The Labute approximate surface area is 92.5 Å². The molecule has 0 aromatic rings. The quantitative estimate of drug-likeness (QED) is 0.630. The van der Waals surface area contributed by atoms with Crippen LogP contribution in [0.4, 0.5) is 0 Å². The van der Waals surface area contributed by atoms with E-state index in [2.05, 4.69) is 11.4 Å². The van der Waals surface area contributed by atoms with E-state index in [1.54, 1.807) is 0 Å². The Balaban J connectivity index is 2.01. The second-order valence-corrected chi connectivity index (χ2v) is 5.32. The maximum Gasteiger partial charge on any atom is 0.0683 e. The van der Waals surface area contributed by atoms with Crippen LogP contribution >= 0.6 is 0 Å². The van der Waals surface area contributed by atoms with Crippen LogP contribution in [0.25, 0.3) is 0 Å². The van der Waals surface area contributed by atoms with Crippen molar-refractivity contribution in [2.45, 2.75) is 51.5 Å². The molecule has 1 fully saturated rings. The van der Waals surface area contributed by atoms with Crippen molar-refractivity contribution in [2.75, 3.05) is 13.2 Å². The molecule has 1 rings (SSSR count). The summed E-state index contributed by atoms with van der Waals surface area (Å²) in [6.07, 6.45) is 5.33. The molecule has 3 heteroatoms. The van der Waals surface area contributed by atoms with Crippen molar-refractivity contribution in [2.24, 2.45) is 5.41 Å². The summed E-state index contributed by atoms with van der Waals surface area (Å²) >= 11 is 0. The number of rotatable bonds is 7. The van der Waals surface area contributed by atoms with Crippen LogP contribution in [-0.2, 0) is 0 Å². The zero-order valence-electron chi connectivity index (χ0n) is 9.84. The van der Waals surface area contributed by atoms with E-state index in [1.165, 1.54) is 0 Å². The van der Waals surface area contributed by atoms with Crippen LogP contribution in [0.5, 0.6) is 0 Å². The molecule has 0 unspecified atom stereocenters. The smallest absolute Gasteiger partial charge is 0.0683 e. The van der Waals surface area contributed by atoms with Crippen LogP contribution in [0.1, 0.15) is 46.0 Å². The Morgan fingerprint density at radius 2 is 2.07 bits per heavy atom. The molecule has 15 heavy (non-hydrogen) atoms. The third-order valence-electron chi connectivity index (χ3n) is 3.19. The predicted octanol–water partition coefficient (Wildman–Crippen LogP) is 1.82. The van der Waals surface area contributed by atoms with Gasteiger partial charge in [0.2, 0.25) is 0 Å². The van der Waals surface area contributed by atoms with Gasteiger partial charge in [-0.3, -0.25) is 0 Å². The Hall–Kier alpha value is -0.590. The molecule has 1 saturated carbocycles. The molecular weight excluding hydrogens is 188 g/mol. The van der Waals surface area contributed by atoms with Crippen LogP contribution in [0.15, 0.2) is 0 Å². The predicted molar refractivity (Wildman–Crippen MR) is 60.3 cm³/mol. The number of aliphatic hydroxyl groups is 1. The van der Waals surface area contributed by atoms with E-state index in [0.29, 0.717) is 0 Å². The average molecular weight is 210 g/mol. The molecule has 0 saturated heterocycles. The Bertz CT molecular complexity index is 238. The summed E-state index contributed by atoms with van der Waals surface area (Å²) in [5, 5.41) is 21.3. The highest BCUT2D eigenvalue weighted by atomic mass is 16.3. The number of aliphatic hydroxyl groups excluding tert-OH is 1. The van der Waals surface area contributed by atoms with Gasteiger partial charge in [-0.25, -0.2) is 0 Å². The van der Waals surface area contributed by atoms with Gasteiger partial charge in [0, 0.05) is 5.54 Å². The van der Waals surface area contributed by atoms with Crippen molar-refractivity contribution in [1.82, 2.24) is 5.32 Å². The lowest BCUT2D eigenvalue weighted by atomic mass is 9.89. The second kappa shape index (κ2) is 4.96. The van der Waals surface area contributed by atoms with Gasteiger partial charge in [0.15, 0.2) is 0 Å². The van der Waals surface area contributed by atoms with Gasteiger partial charge in [0.05, 0.1) is 18.1 Å². The third-order valence-corrected chi connectivity index (χ3v) is 3.19. The molecule has 0 radical (unpaired) electrons. The number of unbranched alkanes of at least 4 members (excludes halogenated alkanes) is 1. The molecule has 0 aromatic heterocycles. The number of nitrogens with zero attached hydrogens (tertiary/aromatic N) is 1. The van der Waals surface area contributed by atoms with Gasteiger partial charge < -0.3 is 10.4 Å². The summed E-state index contributed by atoms with van der Waals surface area (Å²) in [5.74, 6) is 0. The van der Waals surface area contributed by atoms with Crippen LogP contribution in [0.2, 0.25) is 0 Å². The van der Waals surface area contributed by atoms with E-state index in [0.717, 1.165) is 38.6 Å². The monoisotopic (exact) mass is 210 g/mol. The summed E-state index contributed by atoms with van der Waals surface area (Å²) in [6.45, 7) is 5.19. The minimum absolute atomic E-state index is 0.0603. The SMILES string of the molecule is CC(C)(C#N)CCCCNC1(CO)CC1. The summed E-state index contributed by atoms with van der Waals surface area (Å²) < 4.78 is 0. The van der Waals surface area contributed by atoms with Crippen LogP contribution < -0.4 is 5.32 Å². The van der Waals surface area contributed by atoms with Crippen LogP contribution in [-0.4, -0.2) is 23.8 Å². The van der Waals surface area contributed by atoms with E-state index in [9.17, 15) is 0 Å². The van der Waals surface area contributed by atoms with Crippen molar-refractivity contribution in [1.29, 1.82) is 5.26 Å². The van der Waals surface area contributed by atoms with Gasteiger partial charge in [0.25, 0.3) is 0 Å². The Morgan fingerprint density at radius 3 is 2.53 bits per heavy atom. The molecule has 0 bridgehead atoms. The number of nitrogens with one attached hydrogen (secondary N) is 1. The van der Waals surface area contributed by atoms with Gasteiger partial charge in [-0.2, -0.15) is 5.26 Å². The van der Waals surface area contributed by atoms with Crippen molar-refractivity contribution in [3.8, 4) is 6.07 Å². The Kier molecular flexibility index (Phi) is 4.12. The van der Waals surface area contributed by atoms with Gasteiger partial charge in [0.1, 0.15) is 0 Å². The lowest BCUT2D eigenvalue weighted by Crippen LogP contribution is -2.35. The fourth-order valence-corrected chi connectivity index (χ4v) is 1.64. The first kappa shape index (κ1) is 12.5. The number of nitriles is 1. The van der Waals surface area contributed by atoms with Gasteiger partial charge in [-0.05, 0) is 46.1 Å². The highest BCUT2D eigenvalue weighted by Crippen LogP contribution is 2.34. The minimum Gasteiger partial charge on any atom is -0.394 e. The van der Waals surface area contributed by atoms with Crippen molar-refractivity contribution >= 4 is 0 Å². The summed E-state index contributed by atoms with van der Waals surface area (Å²) in [6, 6.07) is 2.31. The van der Waals surface area contributed by atoms with Crippen molar-refractivity contribution < 1.29 is 5.11 Å². The molecule has 0 atom stereocenters. The van der Waals surface area contributed by atoms with E-state index < -0.39 is 0 Å². The van der Waals surface area contributed by atoms with Crippen molar-refractivity contribution in [3.63, 3.8) is 0 Å². The highest BCUT2D eigenvalue weighted by molar-refractivity contribution is 5.01. The molecular formula is C12H22N2O. The van der Waals surface area contributed by atoms with E-state index in [-0.39, 0.29) is 17.6 Å². The third kappa shape index (κ3) is 4.19. The topological polar surface area (TPSA) is 56.0 Å². The Morgan fingerprint density at radius 1 is 1.40 bits per heavy atom. The normalized spacial score (nSPS) is 18.5. The summed E-state index contributed by atoms with van der Waals surface area (Å²) in [4.78, 5) is 0. The largest absolute Gasteiger partial charge is 0.394 e. The summed E-state index contributed by atoms with van der Waals surface area (Å²) in [5.41, 5.74) is -0.126. The van der Waals surface area contributed by atoms with Gasteiger partial charge in [-0.1, -0.05) is 6.42 Å². The zero-order chi connectivity index (χ0) is 11.4. The zero-order valence-corrected chi connectivity index (χ0v) is 9.84. The van der Waals surface area contributed by atoms with Gasteiger partial charge >= 0.3 is 0 Å². The maximum atomic E-state index is 9.07. The molecule has 0 spiro atoms.